The third kappa shape index (κ3) is 4.10. The number of nitrogens with one attached hydrogen (secondary N) is 1. The van der Waals surface area contributed by atoms with Crippen molar-refractivity contribution in [3.8, 4) is 11.5 Å². The Morgan fingerprint density at radius 2 is 1.82 bits per heavy atom. The van der Waals surface area contributed by atoms with Crippen molar-refractivity contribution in [1.29, 1.82) is 0 Å². The number of hydrogen-bond acceptors (Lipinski definition) is 6. The van der Waals surface area contributed by atoms with E-state index in [1.165, 1.54) is 11.6 Å². The molecule has 1 fully saturated rings. The van der Waals surface area contributed by atoms with Gasteiger partial charge in [-0.15, -0.1) is 0 Å². The van der Waals surface area contributed by atoms with Crippen LogP contribution >= 0.6 is 0 Å². The number of nitro benzene ring substituents is 1. The highest BCUT2D eigenvalue weighted by molar-refractivity contribution is 6.05. The topological polar surface area (TPSA) is 102 Å². The van der Waals surface area contributed by atoms with Gasteiger partial charge in [-0.3, -0.25) is 14.9 Å². The summed E-state index contributed by atoms with van der Waals surface area (Å²) in [6.07, 6.45) is 2.02. The molecule has 0 saturated carbocycles. The Hall–Kier alpha value is -4.20. The van der Waals surface area contributed by atoms with Crippen molar-refractivity contribution >= 4 is 34.1 Å². The van der Waals surface area contributed by atoms with Crippen LogP contribution < -0.4 is 10.2 Å². The minimum atomic E-state index is -0.430. The molecule has 1 amide bonds. The average molecular weight is 457 g/mol. The fourth-order valence-corrected chi connectivity index (χ4v) is 4.24. The Morgan fingerprint density at radius 1 is 1.03 bits per heavy atom. The molecule has 1 N–H and O–H groups in total. The van der Waals surface area contributed by atoms with E-state index < -0.39 is 10.8 Å². The highest BCUT2D eigenvalue weighted by atomic mass is 16.6. The lowest BCUT2D eigenvalue weighted by Crippen LogP contribution is -2.19. The van der Waals surface area contributed by atoms with Crippen LogP contribution in [-0.4, -0.2) is 28.9 Å². The van der Waals surface area contributed by atoms with Gasteiger partial charge in [-0.1, -0.05) is 6.07 Å². The van der Waals surface area contributed by atoms with E-state index in [0.29, 0.717) is 28.4 Å². The number of oxazole rings is 1. The molecule has 3 aromatic carbocycles. The quantitative estimate of drug-likeness (QED) is 0.298. The first kappa shape index (κ1) is 21.6. The van der Waals surface area contributed by atoms with Gasteiger partial charge in [-0.25, -0.2) is 4.98 Å². The molecule has 0 aliphatic carbocycles. The molecule has 172 valence electrons. The smallest absolute Gasteiger partial charge is 0.293 e. The van der Waals surface area contributed by atoms with Crippen LogP contribution in [0, 0.1) is 24.0 Å². The molecule has 8 heteroatoms. The number of benzene rings is 3. The van der Waals surface area contributed by atoms with E-state index >= 15 is 0 Å². The standard InChI is InChI=1S/C26H24N4O4/c1-16-5-6-19(13-17(16)2)26-28-21-15-20(8-10-24(21)34-26)27-25(31)18-7-9-22(23(14-18)30(32)33)29-11-3-4-12-29/h5-10,13-15H,3-4,11-12H2,1-2H3,(H,27,31). The third-order valence-electron chi connectivity index (χ3n) is 6.28. The zero-order valence-electron chi connectivity index (χ0n) is 19.0. The molecule has 1 aliphatic heterocycles. The van der Waals surface area contributed by atoms with Gasteiger partial charge in [0.15, 0.2) is 5.58 Å². The number of carbonyl (C=O) groups is 1. The number of aryl methyl sites for hydroxylation is 2. The Labute approximate surface area is 196 Å². The van der Waals surface area contributed by atoms with Crippen LogP contribution in [0.25, 0.3) is 22.6 Å². The predicted octanol–water partition coefficient (Wildman–Crippen LogP) is 5.87. The van der Waals surface area contributed by atoms with Crippen LogP contribution in [0.1, 0.15) is 34.3 Å². The van der Waals surface area contributed by atoms with Gasteiger partial charge < -0.3 is 14.6 Å². The van der Waals surface area contributed by atoms with Crippen LogP contribution in [0.4, 0.5) is 17.1 Å². The average Bonchev–Trinajstić information content (AvgIpc) is 3.50. The summed E-state index contributed by atoms with van der Waals surface area (Å²) in [4.78, 5) is 30.6. The van der Waals surface area contributed by atoms with E-state index in [-0.39, 0.29) is 11.3 Å². The van der Waals surface area contributed by atoms with E-state index in [4.69, 9.17) is 4.42 Å². The largest absolute Gasteiger partial charge is 0.436 e. The molecule has 0 radical (unpaired) electrons. The summed E-state index contributed by atoms with van der Waals surface area (Å²) < 4.78 is 5.89. The number of fused-ring (bicyclic) bond motifs is 1. The summed E-state index contributed by atoms with van der Waals surface area (Å²) in [5.41, 5.74) is 5.71. The molecule has 4 aromatic rings. The van der Waals surface area contributed by atoms with Crippen LogP contribution in [0.5, 0.6) is 0 Å². The SMILES string of the molecule is Cc1ccc(-c2nc3cc(NC(=O)c4ccc(N5CCCC5)c([N+](=O)[O-])c4)ccc3o2)cc1C. The molecule has 1 aromatic heterocycles. The maximum atomic E-state index is 12.9. The first-order chi connectivity index (χ1) is 16.4. The Bertz CT molecular complexity index is 1420. The second-order valence-electron chi connectivity index (χ2n) is 8.61. The molecular formula is C26H24N4O4. The van der Waals surface area contributed by atoms with Crippen molar-refractivity contribution < 1.29 is 14.1 Å². The van der Waals surface area contributed by atoms with Crippen LogP contribution in [0.2, 0.25) is 0 Å². The normalized spacial score (nSPS) is 13.4. The molecule has 0 bridgehead atoms. The lowest BCUT2D eigenvalue weighted by molar-refractivity contribution is -0.384. The summed E-state index contributed by atoms with van der Waals surface area (Å²) in [6, 6.07) is 15.9. The minimum Gasteiger partial charge on any atom is -0.436 e. The number of anilines is 2. The number of carbonyl (C=O) groups excluding carboxylic acids is 1. The Morgan fingerprint density at radius 3 is 2.56 bits per heavy atom. The maximum Gasteiger partial charge on any atom is 0.293 e. The van der Waals surface area contributed by atoms with Crippen molar-refractivity contribution in [1.82, 2.24) is 4.98 Å². The molecular weight excluding hydrogens is 432 g/mol. The van der Waals surface area contributed by atoms with Crippen molar-refractivity contribution in [2.24, 2.45) is 0 Å². The van der Waals surface area contributed by atoms with E-state index in [2.05, 4.69) is 17.2 Å². The van der Waals surface area contributed by atoms with E-state index in [9.17, 15) is 14.9 Å². The lowest BCUT2D eigenvalue weighted by atomic mass is 10.1. The van der Waals surface area contributed by atoms with Crippen molar-refractivity contribution in [2.45, 2.75) is 26.7 Å². The van der Waals surface area contributed by atoms with Gasteiger partial charge in [-0.2, -0.15) is 0 Å². The fourth-order valence-electron chi connectivity index (χ4n) is 4.24. The molecule has 5 rings (SSSR count). The molecule has 0 atom stereocenters. The molecule has 1 aliphatic rings. The number of nitro groups is 1. The summed E-state index contributed by atoms with van der Waals surface area (Å²) in [5, 5.41) is 14.5. The Kier molecular flexibility index (Phi) is 5.49. The highest BCUT2D eigenvalue weighted by Gasteiger charge is 2.24. The number of amides is 1. The molecule has 0 spiro atoms. The van der Waals surface area contributed by atoms with E-state index in [1.54, 1.807) is 30.3 Å². The monoisotopic (exact) mass is 456 g/mol. The highest BCUT2D eigenvalue weighted by Crippen LogP contribution is 2.32. The van der Waals surface area contributed by atoms with Gasteiger partial charge in [0.25, 0.3) is 11.6 Å². The number of hydrogen-bond donors (Lipinski definition) is 1. The third-order valence-corrected chi connectivity index (χ3v) is 6.28. The first-order valence-electron chi connectivity index (χ1n) is 11.2. The molecule has 34 heavy (non-hydrogen) atoms. The van der Waals surface area contributed by atoms with Gasteiger partial charge >= 0.3 is 0 Å². The lowest BCUT2D eigenvalue weighted by Gasteiger charge is -2.17. The zero-order valence-corrected chi connectivity index (χ0v) is 19.0. The second kappa shape index (κ2) is 8.62. The van der Waals surface area contributed by atoms with Gasteiger partial charge in [0.2, 0.25) is 5.89 Å². The summed E-state index contributed by atoms with van der Waals surface area (Å²) in [5.74, 6) is 0.0861. The van der Waals surface area contributed by atoms with Gasteiger partial charge in [0.1, 0.15) is 11.2 Å². The number of aromatic nitrogens is 1. The van der Waals surface area contributed by atoms with Gasteiger partial charge in [0, 0.05) is 36.0 Å². The van der Waals surface area contributed by atoms with E-state index in [0.717, 1.165) is 37.1 Å². The number of nitrogens with zero attached hydrogens (tertiary/aromatic N) is 3. The zero-order chi connectivity index (χ0) is 23.8. The van der Waals surface area contributed by atoms with E-state index in [1.807, 2.05) is 30.0 Å². The second-order valence-corrected chi connectivity index (χ2v) is 8.61. The van der Waals surface area contributed by atoms with Crippen LogP contribution in [0.3, 0.4) is 0 Å². The minimum absolute atomic E-state index is 0.0560. The maximum absolute atomic E-state index is 12.9. The molecule has 1 saturated heterocycles. The van der Waals surface area contributed by atoms with Crippen molar-refractivity contribution in [2.75, 3.05) is 23.3 Å². The van der Waals surface area contributed by atoms with Crippen LogP contribution in [-0.2, 0) is 0 Å². The van der Waals surface area contributed by atoms with Crippen molar-refractivity contribution in [3.05, 3.63) is 81.4 Å². The predicted molar refractivity (Wildman–Crippen MR) is 131 cm³/mol. The summed E-state index contributed by atoms with van der Waals surface area (Å²) in [7, 11) is 0. The van der Waals surface area contributed by atoms with Gasteiger partial charge in [0.05, 0.1) is 4.92 Å². The first-order valence-corrected chi connectivity index (χ1v) is 11.2. The molecule has 8 nitrogen and oxygen atoms in total. The van der Waals surface area contributed by atoms with Crippen molar-refractivity contribution in [3.63, 3.8) is 0 Å². The summed E-state index contributed by atoms with van der Waals surface area (Å²) >= 11 is 0. The van der Waals surface area contributed by atoms with Crippen LogP contribution in [0.15, 0.2) is 59.0 Å². The number of rotatable bonds is 5. The molecule has 0 unspecified atom stereocenters. The molecule has 2 heterocycles. The van der Waals surface area contributed by atoms with Gasteiger partial charge in [-0.05, 0) is 80.3 Å². The fraction of sp³-hybridized carbons (Fsp3) is 0.231. The summed E-state index contributed by atoms with van der Waals surface area (Å²) in [6.45, 7) is 5.66. The Balaban J connectivity index is 1.39.